The summed E-state index contributed by atoms with van der Waals surface area (Å²) in [6, 6.07) is 23.6. The number of hydrogen-bond donors (Lipinski definition) is 0. The number of fused-ring (bicyclic) bond motifs is 1. The van der Waals surface area contributed by atoms with Crippen LogP contribution in [-0.2, 0) is 6.54 Å². The molecule has 0 aliphatic rings. The molecule has 0 unspecified atom stereocenters. The average Bonchev–Trinajstić information content (AvgIpc) is 3.06. The van der Waals surface area contributed by atoms with Crippen LogP contribution in [0.1, 0.15) is 16.1 Å². The van der Waals surface area contributed by atoms with E-state index >= 15 is 0 Å². The van der Waals surface area contributed by atoms with E-state index in [9.17, 15) is 4.39 Å². The van der Waals surface area contributed by atoms with Gasteiger partial charge in [0.25, 0.3) is 5.01 Å². The van der Waals surface area contributed by atoms with Crippen LogP contribution >= 0.6 is 11.3 Å². The molecule has 0 aliphatic heterocycles. The third kappa shape index (κ3) is 4.92. The van der Waals surface area contributed by atoms with E-state index in [1.54, 1.807) is 11.3 Å². The lowest BCUT2D eigenvalue weighted by atomic mass is 10.2. The van der Waals surface area contributed by atoms with Crippen LogP contribution in [0, 0.1) is 5.82 Å². The van der Waals surface area contributed by atoms with Gasteiger partial charge in [0.1, 0.15) is 10.5 Å². The maximum atomic E-state index is 13.3. The van der Waals surface area contributed by atoms with Crippen molar-refractivity contribution in [2.75, 3.05) is 19.0 Å². The molecule has 29 heavy (non-hydrogen) atoms. The molecule has 0 bridgehead atoms. The van der Waals surface area contributed by atoms with Crippen LogP contribution in [0.5, 0.6) is 0 Å². The highest BCUT2D eigenvalue weighted by molar-refractivity contribution is 7.18. The molecule has 148 valence electrons. The highest BCUT2D eigenvalue weighted by Crippen LogP contribution is 2.23. The van der Waals surface area contributed by atoms with Crippen molar-refractivity contribution in [1.29, 1.82) is 0 Å². The predicted molar refractivity (Wildman–Crippen MR) is 117 cm³/mol. The van der Waals surface area contributed by atoms with Crippen LogP contribution in [0.2, 0.25) is 0 Å². The van der Waals surface area contributed by atoms with E-state index in [-0.39, 0.29) is 22.8 Å². The Morgan fingerprint density at radius 2 is 1.59 bits per heavy atom. The van der Waals surface area contributed by atoms with Crippen LogP contribution in [-0.4, -0.2) is 14.1 Å². The summed E-state index contributed by atoms with van der Waals surface area (Å²) in [7, 11) is 4.08. The van der Waals surface area contributed by atoms with E-state index in [1.807, 2.05) is 26.2 Å². The molecule has 3 aromatic carbocycles. The molecule has 0 fully saturated rings. The van der Waals surface area contributed by atoms with Crippen molar-refractivity contribution >= 4 is 39.4 Å². The molecule has 4 aromatic rings. The molecule has 0 radical (unpaired) electrons. The van der Waals surface area contributed by atoms with E-state index in [2.05, 4.69) is 70.1 Å². The van der Waals surface area contributed by atoms with Gasteiger partial charge in [0, 0.05) is 37.5 Å². The number of anilines is 1. The molecule has 2 nitrogen and oxygen atoms in total. The Hall–Kier alpha value is -2.50. The van der Waals surface area contributed by atoms with Gasteiger partial charge in [-0.3, -0.25) is 0 Å². The standard InChI is InChI=1S/C24H22FN2S.BrH/c1-26(2)21-14-9-18(10-15-21)11-16-24-27(17-19-7-12-20(25)13-8-19)22-5-3-4-6-23(22)28-24;/h3-16H,17H2,1-2H3;1H/q+1;/p-1. The van der Waals surface area contributed by atoms with Gasteiger partial charge < -0.3 is 21.9 Å². The van der Waals surface area contributed by atoms with Gasteiger partial charge in [-0.15, -0.1) is 0 Å². The summed E-state index contributed by atoms with van der Waals surface area (Å²) in [5.74, 6) is -0.204. The van der Waals surface area contributed by atoms with Crippen molar-refractivity contribution in [2.45, 2.75) is 6.54 Å². The summed E-state index contributed by atoms with van der Waals surface area (Å²) in [6.45, 7) is 0.712. The smallest absolute Gasteiger partial charge is 0.263 e. The minimum atomic E-state index is -0.204. The molecule has 0 atom stereocenters. The number of para-hydroxylation sites is 1. The Balaban J connectivity index is 0.00000240. The number of nitrogens with zero attached hydrogens (tertiary/aromatic N) is 2. The first-order chi connectivity index (χ1) is 13.6. The van der Waals surface area contributed by atoms with Crippen LogP contribution in [0.15, 0.2) is 72.8 Å². The third-order valence-corrected chi connectivity index (χ3v) is 5.85. The molecule has 5 heteroatoms. The van der Waals surface area contributed by atoms with E-state index < -0.39 is 0 Å². The second-order valence-electron chi connectivity index (χ2n) is 6.94. The second-order valence-corrected chi connectivity index (χ2v) is 8.00. The molecular weight excluding hydrogens is 447 g/mol. The molecule has 0 amide bonds. The predicted octanol–water partition coefficient (Wildman–Crippen LogP) is 2.62. The summed E-state index contributed by atoms with van der Waals surface area (Å²) in [5, 5.41) is 1.17. The first-order valence-corrected chi connectivity index (χ1v) is 10.0. The lowest BCUT2D eigenvalue weighted by molar-refractivity contribution is -0.659. The minimum Gasteiger partial charge on any atom is -1.00 e. The second kappa shape index (κ2) is 9.33. The molecule has 4 rings (SSSR count). The van der Waals surface area contributed by atoms with Gasteiger partial charge in [0.2, 0.25) is 5.52 Å². The summed E-state index contributed by atoms with van der Waals surface area (Å²) in [4.78, 5) is 2.09. The topological polar surface area (TPSA) is 7.12 Å². The zero-order valence-electron chi connectivity index (χ0n) is 16.3. The van der Waals surface area contributed by atoms with E-state index in [0.29, 0.717) is 6.54 Å². The number of hydrogen-bond acceptors (Lipinski definition) is 2. The lowest BCUT2D eigenvalue weighted by Crippen LogP contribution is -3.00. The first kappa shape index (κ1) is 21.2. The lowest BCUT2D eigenvalue weighted by Gasteiger charge is -2.11. The Kier molecular flexibility index (Phi) is 6.83. The van der Waals surface area contributed by atoms with Crippen molar-refractivity contribution in [3.8, 4) is 0 Å². The van der Waals surface area contributed by atoms with Gasteiger partial charge in [0.15, 0.2) is 6.54 Å². The van der Waals surface area contributed by atoms with Crippen molar-refractivity contribution < 1.29 is 25.9 Å². The minimum absolute atomic E-state index is 0. The van der Waals surface area contributed by atoms with E-state index in [0.717, 1.165) is 11.1 Å². The van der Waals surface area contributed by atoms with Gasteiger partial charge in [-0.1, -0.05) is 35.6 Å². The van der Waals surface area contributed by atoms with Gasteiger partial charge in [0.05, 0.1) is 0 Å². The highest BCUT2D eigenvalue weighted by Gasteiger charge is 2.18. The fourth-order valence-corrected chi connectivity index (χ4v) is 4.23. The van der Waals surface area contributed by atoms with Crippen LogP contribution in [0.3, 0.4) is 0 Å². The fraction of sp³-hybridized carbons (Fsp3) is 0.125. The number of benzene rings is 3. The van der Waals surface area contributed by atoms with Gasteiger partial charge >= 0.3 is 0 Å². The van der Waals surface area contributed by atoms with Crippen LogP contribution < -0.4 is 26.4 Å². The van der Waals surface area contributed by atoms with Gasteiger partial charge in [-0.2, -0.15) is 4.57 Å². The largest absolute Gasteiger partial charge is 1.00 e. The van der Waals surface area contributed by atoms with E-state index in [4.69, 9.17) is 0 Å². The van der Waals surface area contributed by atoms with Crippen LogP contribution in [0.25, 0.3) is 22.4 Å². The Morgan fingerprint density at radius 1 is 0.897 bits per heavy atom. The number of rotatable bonds is 5. The molecule has 0 aliphatic carbocycles. The zero-order valence-corrected chi connectivity index (χ0v) is 18.8. The number of aromatic nitrogens is 1. The Labute approximate surface area is 185 Å². The fourth-order valence-electron chi connectivity index (χ4n) is 3.16. The van der Waals surface area contributed by atoms with Crippen molar-refractivity contribution in [3.05, 3.63) is 94.7 Å². The number of halogens is 2. The van der Waals surface area contributed by atoms with Gasteiger partial charge in [-0.25, -0.2) is 4.39 Å². The molecule has 1 aromatic heterocycles. The average molecular weight is 469 g/mol. The maximum absolute atomic E-state index is 13.3. The monoisotopic (exact) mass is 468 g/mol. The summed E-state index contributed by atoms with van der Waals surface area (Å²) in [5.41, 5.74) is 4.63. The van der Waals surface area contributed by atoms with Crippen molar-refractivity contribution in [2.24, 2.45) is 0 Å². The molecule has 0 spiro atoms. The normalized spacial score (nSPS) is 11.0. The molecule has 1 heterocycles. The van der Waals surface area contributed by atoms with Crippen molar-refractivity contribution in [3.63, 3.8) is 0 Å². The van der Waals surface area contributed by atoms with Gasteiger partial charge in [-0.05, 0) is 54.1 Å². The molecule has 0 N–H and O–H groups in total. The quantitative estimate of drug-likeness (QED) is 0.408. The highest BCUT2D eigenvalue weighted by atomic mass is 79.9. The summed E-state index contributed by atoms with van der Waals surface area (Å²) in [6.07, 6.45) is 4.31. The Bertz CT molecular complexity index is 1120. The molecule has 0 saturated carbocycles. The SMILES string of the molecule is CN(C)c1ccc(/C=C/c2sc3ccccc3[n+]2Cc2ccc(F)cc2)cc1.[Br-]. The zero-order chi connectivity index (χ0) is 19.5. The third-order valence-electron chi connectivity index (χ3n) is 4.72. The maximum Gasteiger partial charge on any atom is 0.263 e. The first-order valence-electron chi connectivity index (χ1n) is 9.21. The number of thiazole rings is 1. The molecular formula is C24H22BrFN2S. The Morgan fingerprint density at radius 3 is 2.28 bits per heavy atom. The molecule has 0 saturated heterocycles. The van der Waals surface area contributed by atoms with E-state index in [1.165, 1.54) is 33.0 Å². The summed E-state index contributed by atoms with van der Waals surface area (Å²) < 4.78 is 16.8. The summed E-state index contributed by atoms with van der Waals surface area (Å²) >= 11 is 1.77. The van der Waals surface area contributed by atoms with Crippen molar-refractivity contribution in [1.82, 2.24) is 0 Å². The van der Waals surface area contributed by atoms with Crippen LogP contribution in [0.4, 0.5) is 10.1 Å².